The molecule has 4 rings (SSSR count). The molecule has 0 bridgehead atoms. The van der Waals surface area contributed by atoms with Gasteiger partial charge in [-0.1, -0.05) is 61.6 Å². The van der Waals surface area contributed by atoms with Gasteiger partial charge in [-0.2, -0.15) is 31.1 Å². The summed E-state index contributed by atoms with van der Waals surface area (Å²) in [5, 5.41) is 0. The summed E-state index contributed by atoms with van der Waals surface area (Å²) in [5.74, 6) is -0.704. The lowest BCUT2D eigenvalue weighted by molar-refractivity contribution is -0.138. The molecule has 1 aliphatic rings. The Morgan fingerprint density at radius 3 is 2.10 bits per heavy atom. The van der Waals surface area contributed by atoms with E-state index in [1.807, 2.05) is 25.2 Å². The molecule has 218 valence electrons. The molecule has 0 saturated heterocycles. The lowest BCUT2D eigenvalue weighted by Crippen LogP contribution is -2.50. The lowest BCUT2D eigenvalue weighted by Gasteiger charge is -2.41. The number of aryl methyl sites for hydroxylation is 1. The van der Waals surface area contributed by atoms with Crippen LogP contribution in [0.3, 0.4) is 0 Å². The summed E-state index contributed by atoms with van der Waals surface area (Å²) in [4.78, 5) is 4.47. The Morgan fingerprint density at radius 1 is 0.878 bits per heavy atom. The van der Waals surface area contributed by atoms with E-state index in [4.69, 9.17) is 0 Å². The van der Waals surface area contributed by atoms with Gasteiger partial charge in [0.05, 0.1) is 22.6 Å². The van der Waals surface area contributed by atoms with Crippen LogP contribution < -0.4 is 4.72 Å². The lowest BCUT2D eigenvalue weighted by atomic mass is 9.69. The fourth-order valence-electron chi connectivity index (χ4n) is 4.99. The van der Waals surface area contributed by atoms with E-state index in [0.29, 0.717) is 6.42 Å². The quantitative estimate of drug-likeness (QED) is 0.272. The van der Waals surface area contributed by atoms with E-state index in [1.165, 1.54) is 18.3 Å². The Morgan fingerprint density at radius 2 is 1.54 bits per heavy atom. The highest BCUT2D eigenvalue weighted by Crippen LogP contribution is 2.45. The second-order valence-corrected chi connectivity index (χ2v) is 12.3. The minimum Gasteiger partial charge on any atom is -0.259 e. The van der Waals surface area contributed by atoms with Crippen LogP contribution in [0.15, 0.2) is 91.2 Å². The molecule has 1 aliphatic carbocycles. The summed E-state index contributed by atoms with van der Waals surface area (Å²) in [5.41, 5.74) is -3.29. The number of halogens is 6. The first kappa shape index (κ1) is 30.5. The van der Waals surface area contributed by atoms with Crippen molar-refractivity contribution >= 4 is 10.0 Å². The largest absolute Gasteiger partial charge is 0.416 e. The average Bonchev–Trinajstić information content (AvgIpc) is 2.88. The molecule has 0 aliphatic heterocycles. The number of rotatable bonds is 8. The van der Waals surface area contributed by atoms with Crippen LogP contribution in [-0.4, -0.2) is 13.4 Å². The zero-order chi connectivity index (χ0) is 30.1. The van der Waals surface area contributed by atoms with Crippen LogP contribution in [0, 0.1) is 12.3 Å². The third kappa shape index (κ3) is 7.26. The number of pyridine rings is 1. The van der Waals surface area contributed by atoms with Crippen LogP contribution in [0.5, 0.6) is 0 Å². The SMILES string of the molecule is Cc1ccc(C(CC2(C)C=CC=CC2)(NS(=O)(=O)Cc2ccc(C(F)(F)F)cc2)c2cccc(C(F)(F)F)c2)nc1. The Kier molecular flexibility index (Phi) is 8.26. The molecule has 0 fully saturated rings. The van der Waals surface area contributed by atoms with E-state index in [9.17, 15) is 34.8 Å². The molecule has 0 radical (unpaired) electrons. The van der Waals surface area contributed by atoms with Gasteiger partial charge in [0.15, 0.2) is 0 Å². The van der Waals surface area contributed by atoms with Crippen molar-refractivity contribution in [2.24, 2.45) is 5.41 Å². The van der Waals surface area contributed by atoms with Gasteiger partial charge in [-0.15, -0.1) is 0 Å². The summed E-state index contributed by atoms with van der Waals surface area (Å²) in [6.45, 7) is 3.64. The van der Waals surface area contributed by atoms with Crippen molar-refractivity contribution in [1.82, 2.24) is 9.71 Å². The summed E-state index contributed by atoms with van der Waals surface area (Å²) in [6.07, 6.45) is 0.0693. The van der Waals surface area contributed by atoms with Crippen molar-refractivity contribution in [3.8, 4) is 0 Å². The highest BCUT2D eigenvalue weighted by Gasteiger charge is 2.45. The summed E-state index contributed by atoms with van der Waals surface area (Å²) in [7, 11) is -4.37. The van der Waals surface area contributed by atoms with Crippen molar-refractivity contribution in [2.75, 3.05) is 0 Å². The van der Waals surface area contributed by atoms with Crippen LogP contribution in [0.4, 0.5) is 26.3 Å². The number of alkyl halides is 6. The van der Waals surface area contributed by atoms with Crippen LogP contribution in [0.2, 0.25) is 0 Å². The summed E-state index contributed by atoms with van der Waals surface area (Å²) < 4.78 is 111. The van der Waals surface area contributed by atoms with E-state index in [1.54, 1.807) is 25.1 Å². The highest BCUT2D eigenvalue weighted by atomic mass is 32.2. The molecule has 2 unspecified atom stereocenters. The highest BCUT2D eigenvalue weighted by molar-refractivity contribution is 7.88. The molecule has 11 heteroatoms. The summed E-state index contributed by atoms with van der Waals surface area (Å²) >= 11 is 0. The molecule has 2 aromatic carbocycles. The van der Waals surface area contributed by atoms with Gasteiger partial charge >= 0.3 is 12.4 Å². The van der Waals surface area contributed by atoms with Gasteiger partial charge in [-0.3, -0.25) is 4.98 Å². The molecular formula is C30H28F6N2O2S. The number of hydrogen-bond donors (Lipinski definition) is 1. The fraction of sp³-hybridized carbons (Fsp3) is 0.300. The normalized spacial score (nSPS) is 19.2. The van der Waals surface area contributed by atoms with E-state index in [0.717, 1.165) is 42.0 Å². The van der Waals surface area contributed by atoms with Gasteiger partial charge in [0, 0.05) is 6.20 Å². The monoisotopic (exact) mass is 594 g/mol. The average molecular weight is 595 g/mol. The Balaban J connectivity index is 1.88. The second-order valence-electron chi connectivity index (χ2n) is 10.6. The second kappa shape index (κ2) is 11.1. The molecule has 0 saturated carbocycles. The standard InChI is InChI=1S/C30H28F6N2O2S/c1-21-9-14-26(37-18-21)28(20-27(2)15-4-3-5-16-27,24-7-6-8-25(17-24)30(34,35)36)38-41(39,40)19-22-10-12-23(13-11-22)29(31,32)33/h3-15,17-18,38H,16,19-20H2,1-2H3. The van der Waals surface area contributed by atoms with Crippen molar-refractivity contribution in [3.05, 3.63) is 125 Å². The number of hydrogen-bond acceptors (Lipinski definition) is 3. The number of sulfonamides is 1. The number of allylic oxidation sites excluding steroid dienone is 4. The predicted octanol–water partition coefficient (Wildman–Crippen LogP) is 7.70. The van der Waals surface area contributed by atoms with E-state index in [-0.39, 0.29) is 23.2 Å². The number of nitrogens with one attached hydrogen (secondary N) is 1. The Hall–Kier alpha value is -3.44. The van der Waals surface area contributed by atoms with Gasteiger partial charge in [0.25, 0.3) is 0 Å². The maximum Gasteiger partial charge on any atom is 0.416 e. The van der Waals surface area contributed by atoms with Crippen molar-refractivity contribution in [1.29, 1.82) is 0 Å². The third-order valence-electron chi connectivity index (χ3n) is 7.00. The van der Waals surface area contributed by atoms with Gasteiger partial charge in [0.2, 0.25) is 10.0 Å². The molecule has 0 spiro atoms. The zero-order valence-electron chi connectivity index (χ0n) is 22.2. The van der Waals surface area contributed by atoms with Gasteiger partial charge in [0.1, 0.15) is 5.54 Å². The van der Waals surface area contributed by atoms with Gasteiger partial charge in [-0.05, 0) is 72.2 Å². The minimum absolute atomic E-state index is 0.00442. The van der Waals surface area contributed by atoms with Crippen LogP contribution in [0.1, 0.15) is 53.3 Å². The van der Waals surface area contributed by atoms with E-state index in [2.05, 4.69) is 9.71 Å². The predicted molar refractivity (Wildman–Crippen MR) is 144 cm³/mol. The van der Waals surface area contributed by atoms with Crippen LogP contribution in [0.25, 0.3) is 0 Å². The number of benzene rings is 2. The number of aromatic nitrogens is 1. The minimum atomic E-state index is -4.70. The molecule has 1 heterocycles. The van der Waals surface area contributed by atoms with Crippen molar-refractivity contribution in [2.45, 2.75) is 50.3 Å². The van der Waals surface area contributed by atoms with E-state index < -0.39 is 50.2 Å². The number of nitrogens with zero attached hydrogens (tertiary/aromatic N) is 1. The zero-order valence-corrected chi connectivity index (χ0v) is 23.0. The van der Waals surface area contributed by atoms with Crippen molar-refractivity contribution in [3.63, 3.8) is 0 Å². The van der Waals surface area contributed by atoms with Crippen LogP contribution >= 0.6 is 0 Å². The smallest absolute Gasteiger partial charge is 0.259 e. The maximum atomic E-state index is 13.8. The maximum absolute atomic E-state index is 13.8. The molecule has 4 nitrogen and oxygen atoms in total. The van der Waals surface area contributed by atoms with Gasteiger partial charge in [-0.25, -0.2) is 8.42 Å². The summed E-state index contributed by atoms with van der Waals surface area (Å²) in [6, 6.07) is 11.4. The fourth-order valence-corrected chi connectivity index (χ4v) is 6.52. The van der Waals surface area contributed by atoms with Crippen LogP contribution in [-0.2, 0) is 33.7 Å². The Labute approximate surface area is 234 Å². The van der Waals surface area contributed by atoms with E-state index >= 15 is 0 Å². The molecule has 0 amide bonds. The van der Waals surface area contributed by atoms with Crippen molar-refractivity contribution < 1.29 is 34.8 Å². The molecular weight excluding hydrogens is 566 g/mol. The molecule has 3 aromatic rings. The molecule has 41 heavy (non-hydrogen) atoms. The topological polar surface area (TPSA) is 59.1 Å². The first-order valence-corrected chi connectivity index (χ1v) is 14.3. The first-order valence-electron chi connectivity index (χ1n) is 12.6. The molecule has 1 aromatic heterocycles. The molecule has 2 atom stereocenters. The molecule has 1 N–H and O–H groups in total. The Bertz CT molecular complexity index is 1550. The van der Waals surface area contributed by atoms with Gasteiger partial charge < -0.3 is 0 Å². The third-order valence-corrected chi connectivity index (χ3v) is 8.37. The first-order chi connectivity index (χ1) is 19.0.